The monoisotopic (exact) mass is 326 g/mol. The fourth-order valence-electron chi connectivity index (χ4n) is 2.56. The molecule has 1 fully saturated rings. The molecular weight excluding hydrogens is 304 g/mol. The molecule has 3 nitrogen and oxygen atoms in total. The van der Waals surface area contributed by atoms with Gasteiger partial charge in [-0.15, -0.1) is 0 Å². The molecule has 1 saturated carbocycles. The Balaban J connectivity index is 1.79. The summed E-state index contributed by atoms with van der Waals surface area (Å²) in [6.45, 7) is 5.98. The number of nitrogens with one attached hydrogen (secondary N) is 1. The van der Waals surface area contributed by atoms with E-state index in [2.05, 4.69) is 40.1 Å². The Hall–Kier alpha value is -0.450. The molecule has 0 saturated heterocycles. The lowest BCUT2D eigenvalue weighted by atomic mass is 9.71. The molecule has 4 heteroatoms. The SMILES string of the molecule is CC1(C)CCC(O)(CNCc2cncc(Br)c2)CC1. The van der Waals surface area contributed by atoms with Crippen LogP contribution in [0.2, 0.25) is 0 Å². The van der Waals surface area contributed by atoms with Gasteiger partial charge in [-0.25, -0.2) is 0 Å². The molecule has 1 aliphatic rings. The average Bonchev–Trinajstić information content (AvgIpc) is 2.34. The van der Waals surface area contributed by atoms with E-state index in [0.717, 1.165) is 42.3 Å². The number of halogens is 1. The van der Waals surface area contributed by atoms with E-state index in [9.17, 15) is 5.11 Å². The third kappa shape index (κ3) is 4.55. The van der Waals surface area contributed by atoms with Gasteiger partial charge in [0.2, 0.25) is 0 Å². The van der Waals surface area contributed by atoms with Gasteiger partial charge < -0.3 is 10.4 Å². The van der Waals surface area contributed by atoms with Crippen molar-refractivity contribution in [1.82, 2.24) is 10.3 Å². The summed E-state index contributed by atoms with van der Waals surface area (Å²) in [7, 11) is 0. The third-order valence-electron chi connectivity index (χ3n) is 4.08. The molecule has 1 aliphatic carbocycles. The van der Waals surface area contributed by atoms with Gasteiger partial charge in [-0.2, -0.15) is 0 Å². The van der Waals surface area contributed by atoms with Crippen LogP contribution in [-0.4, -0.2) is 22.2 Å². The smallest absolute Gasteiger partial charge is 0.0772 e. The van der Waals surface area contributed by atoms with Crippen molar-refractivity contribution in [3.63, 3.8) is 0 Å². The third-order valence-corrected chi connectivity index (χ3v) is 4.51. The van der Waals surface area contributed by atoms with Gasteiger partial charge in [0.15, 0.2) is 0 Å². The highest BCUT2D eigenvalue weighted by molar-refractivity contribution is 9.10. The van der Waals surface area contributed by atoms with Crippen molar-refractivity contribution in [2.24, 2.45) is 5.41 Å². The number of hydrogen-bond acceptors (Lipinski definition) is 3. The number of hydrogen-bond donors (Lipinski definition) is 2. The molecule has 1 aromatic heterocycles. The normalized spacial score (nSPS) is 21.3. The number of aliphatic hydroxyl groups is 1. The summed E-state index contributed by atoms with van der Waals surface area (Å²) in [4.78, 5) is 4.14. The predicted molar refractivity (Wildman–Crippen MR) is 80.8 cm³/mol. The molecule has 19 heavy (non-hydrogen) atoms. The standard InChI is InChI=1S/C15H23BrN2O/c1-14(2)3-5-15(19,6-4-14)11-18-9-12-7-13(16)10-17-8-12/h7-8,10,18-19H,3-6,9,11H2,1-2H3. The van der Waals surface area contributed by atoms with Crippen LogP contribution in [0.4, 0.5) is 0 Å². The second-order valence-electron chi connectivity index (χ2n) is 6.50. The first-order valence-electron chi connectivity index (χ1n) is 6.91. The number of pyridine rings is 1. The Morgan fingerprint density at radius 2 is 1.95 bits per heavy atom. The minimum Gasteiger partial charge on any atom is -0.389 e. The quantitative estimate of drug-likeness (QED) is 0.892. The molecule has 0 aromatic carbocycles. The summed E-state index contributed by atoms with van der Waals surface area (Å²) >= 11 is 3.41. The molecule has 2 rings (SSSR count). The molecule has 0 radical (unpaired) electrons. The Morgan fingerprint density at radius 3 is 2.58 bits per heavy atom. The molecule has 0 spiro atoms. The van der Waals surface area contributed by atoms with E-state index in [0.29, 0.717) is 12.0 Å². The van der Waals surface area contributed by atoms with Crippen molar-refractivity contribution in [1.29, 1.82) is 0 Å². The molecular formula is C15H23BrN2O. The second-order valence-corrected chi connectivity index (χ2v) is 7.42. The van der Waals surface area contributed by atoms with Crippen molar-refractivity contribution in [2.75, 3.05) is 6.54 Å². The minimum absolute atomic E-state index is 0.389. The summed E-state index contributed by atoms with van der Waals surface area (Å²) in [5.41, 5.74) is 0.990. The van der Waals surface area contributed by atoms with Gasteiger partial charge in [0.05, 0.1) is 5.60 Å². The Morgan fingerprint density at radius 1 is 1.26 bits per heavy atom. The summed E-state index contributed by atoms with van der Waals surface area (Å²) in [6, 6.07) is 2.05. The van der Waals surface area contributed by atoms with Gasteiger partial charge in [0.1, 0.15) is 0 Å². The molecule has 0 unspecified atom stereocenters. The van der Waals surface area contributed by atoms with Crippen molar-refractivity contribution < 1.29 is 5.11 Å². The lowest BCUT2D eigenvalue weighted by molar-refractivity contribution is -0.0245. The van der Waals surface area contributed by atoms with Crippen molar-refractivity contribution in [2.45, 2.75) is 51.7 Å². The van der Waals surface area contributed by atoms with Gasteiger partial charge in [-0.05, 0) is 58.7 Å². The Bertz CT molecular complexity index is 424. The van der Waals surface area contributed by atoms with E-state index in [1.54, 1.807) is 6.20 Å². The van der Waals surface area contributed by atoms with Crippen molar-refractivity contribution >= 4 is 15.9 Å². The van der Waals surface area contributed by atoms with E-state index in [4.69, 9.17) is 0 Å². The topological polar surface area (TPSA) is 45.1 Å². The molecule has 0 aliphatic heterocycles. The van der Waals surface area contributed by atoms with Crippen LogP contribution >= 0.6 is 15.9 Å². The highest BCUT2D eigenvalue weighted by Crippen LogP contribution is 2.39. The van der Waals surface area contributed by atoms with Gasteiger partial charge in [-0.3, -0.25) is 4.98 Å². The number of rotatable bonds is 4. The Kier molecular flexibility index (Phi) is 4.64. The zero-order valence-electron chi connectivity index (χ0n) is 11.7. The zero-order valence-corrected chi connectivity index (χ0v) is 13.3. The minimum atomic E-state index is -0.533. The van der Waals surface area contributed by atoms with Crippen LogP contribution in [0.1, 0.15) is 45.1 Å². The summed E-state index contributed by atoms with van der Waals surface area (Å²) in [5, 5.41) is 13.9. The summed E-state index contributed by atoms with van der Waals surface area (Å²) < 4.78 is 0.991. The first-order chi connectivity index (χ1) is 8.89. The highest BCUT2D eigenvalue weighted by Gasteiger charge is 2.36. The lowest BCUT2D eigenvalue weighted by Crippen LogP contribution is -2.44. The van der Waals surface area contributed by atoms with Gasteiger partial charge in [0, 0.05) is 30.0 Å². The fourth-order valence-corrected chi connectivity index (χ4v) is 2.97. The zero-order chi connectivity index (χ0) is 13.9. The first kappa shape index (κ1) is 14.9. The highest BCUT2D eigenvalue weighted by atomic mass is 79.9. The maximum atomic E-state index is 10.5. The predicted octanol–water partition coefficient (Wildman–Crippen LogP) is 3.27. The van der Waals surface area contributed by atoms with Crippen LogP contribution in [0.5, 0.6) is 0 Å². The molecule has 1 aromatic rings. The van der Waals surface area contributed by atoms with E-state index in [1.807, 2.05) is 12.3 Å². The lowest BCUT2D eigenvalue weighted by Gasteiger charge is -2.40. The molecule has 1 heterocycles. The number of aromatic nitrogens is 1. The maximum Gasteiger partial charge on any atom is 0.0772 e. The Labute approximate surface area is 124 Å². The van der Waals surface area contributed by atoms with Crippen LogP contribution in [0.15, 0.2) is 22.9 Å². The first-order valence-corrected chi connectivity index (χ1v) is 7.71. The van der Waals surface area contributed by atoms with Crippen LogP contribution in [0, 0.1) is 5.41 Å². The van der Waals surface area contributed by atoms with E-state index in [-0.39, 0.29) is 0 Å². The van der Waals surface area contributed by atoms with Crippen molar-refractivity contribution in [3.05, 3.63) is 28.5 Å². The van der Waals surface area contributed by atoms with Crippen molar-refractivity contribution in [3.8, 4) is 0 Å². The largest absolute Gasteiger partial charge is 0.389 e. The molecule has 106 valence electrons. The summed E-state index contributed by atoms with van der Waals surface area (Å²) in [6.07, 6.45) is 7.62. The van der Waals surface area contributed by atoms with Crippen LogP contribution in [0.3, 0.4) is 0 Å². The molecule has 2 N–H and O–H groups in total. The average molecular weight is 327 g/mol. The summed E-state index contributed by atoms with van der Waals surface area (Å²) in [5.74, 6) is 0. The van der Waals surface area contributed by atoms with Gasteiger partial charge in [-0.1, -0.05) is 13.8 Å². The maximum absolute atomic E-state index is 10.5. The molecule has 0 amide bonds. The number of nitrogens with zero attached hydrogens (tertiary/aromatic N) is 1. The second kappa shape index (κ2) is 5.90. The van der Waals surface area contributed by atoms with E-state index < -0.39 is 5.60 Å². The van der Waals surface area contributed by atoms with E-state index >= 15 is 0 Å². The van der Waals surface area contributed by atoms with E-state index in [1.165, 1.54) is 0 Å². The van der Waals surface area contributed by atoms with Gasteiger partial charge in [0.25, 0.3) is 0 Å². The molecule has 0 bridgehead atoms. The van der Waals surface area contributed by atoms with Crippen LogP contribution in [0.25, 0.3) is 0 Å². The van der Waals surface area contributed by atoms with Gasteiger partial charge >= 0.3 is 0 Å². The fraction of sp³-hybridized carbons (Fsp3) is 0.667. The van der Waals surface area contributed by atoms with Crippen LogP contribution in [-0.2, 0) is 6.54 Å². The molecule has 0 atom stereocenters. The van der Waals surface area contributed by atoms with Crippen LogP contribution < -0.4 is 5.32 Å².